The van der Waals surface area contributed by atoms with E-state index in [0.717, 1.165) is 5.57 Å². The van der Waals surface area contributed by atoms with Crippen LogP contribution in [0, 0.1) is 0 Å². The number of nitrogen functional groups attached to an aromatic ring is 1. The van der Waals surface area contributed by atoms with Crippen molar-refractivity contribution in [2.24, 2.45) is 10.7 Å². The minimum absolute atomic E-state index is 0. The Morgan fingerprint density at radius 1 is 1.33 bits per heavy atom. The van der Waals surface area contributed by atoms with Crippen molar-refractivity contribution >= 4 is 41.9 Å². The molecule has 148 valence electrons. The minimum Gasteiger partial charge on any atom is -0.412 e. The van der Waals surface area contributed by atoms with Gasteiger partial charge in [0.1, 0.15) is 5.84 Å². The van der Waals surface area contributed by atoms with Crippen molar-refractivity contribution in [3.05, 3.63) is 41.8 Å². The molecule has 0 aliphatic carbocycles. The molecule has 0 heterocycles. The standard InChI is InChI=1S/C11H15N3OS.C2H4S.C2H6.3H2O.3H2/c1-3-7(2)11(13)14-9-5-4-8(12)6-10(9)16-15;1-2-3;1-2;;;;;;/h3-6,15H,12H2,1-2H3,(H2,13,14);2-3H,1H2;1-2H3;3*1H2;3*1H/b7-3-;;;;;;;;. The highest BCUT2D eigenvalue weighted by molar-refractivity contribution is 7.94. The molecule has 11 N–H and O–H groups in total. The predicted molar refractivity (Wildman–Crippen MR) is 118 cm³/mol. The molecule has 1 rings (SSSR count). The third-order valence-corrected chi connectivity index (χ3v) is 2.68. The van der Waals surface area contributed by atoms with E-state index in [0.29, 0.717) is 34.1 Å². The van der Waals surface area contributed by atoms with Crippen LogP contribution in [0.25, 0.3) is 0 Å². The summed E-state index contributed by atoms with van der Waals surface area (Å²) in [6.45, 7) is 11.0. The van der Waals surface area contributed by atoms with Gasteiger partial charge in [0.25, 0.3) is 0 Å². The molecule has 9 heteroatoms. The van der Waals surface area contributed by atoms with Gasteiger partial charge in [-0.05, 0) is 43.0 Å². The highest BCUT2D eigenvalue weighted by Gasteiger charge is 2.03. The first-order valence-electron chi connectivity index (χ1n) is 6.43. The molecule has 7 nitrogen and oxygen atoms in total. The molecule has 0 saturated carbocycles. The van der Waals surface area contributed by atoms with Crippen LogP contribution in [0.2, 0.25) is 0 Å². The Morgan fingerprint density at radius 3 is 2.17 bits per heavy atom. The topological polar surface area (TPSA) is 179 Å². The van der Waals surface area contributed by atoms with E-state index in [2.05, 4.69) is 24.2 Å². The maximum absolute atomic E-state index is 9.09. The van der Waals surface area contributed by atoms with E-state index in [1.54, 1.807) is 18.2 Å². The molecule has 0 spiro atoms. The number of hydrogen-bond acceptors (Lipinski definition) is 5. The van der Waals surface area contributed by atoms with Crippen LogP contribution < -0.4 is 11.5 Å². The lowest BCUT2D eigenvalue weighted by Crippen LogP contribution is -2.12. The van der Waals surface area contributed by atoms with Crippen LogP contribution in [0.15, 0.2) is 51.7 Å². The van der Waals surface area contributed by atoms with E-state index in [-0.39, 0.29) is 20.7 Å². The molecule has 0 aliphatic rings. The lowest BCUT2D eigenvalue weighted by Gasteiger charge is -2.05. The third kappa shape index (κ3) is 14.1. The molecule has 0 unspecified atom stereocenters. The lowest BCUT2D eigenvalue weighted by molar-refractivity contribution is 0.664. The molecular formula is C15H37N3O4S2. The molecule has 0 saturated heterocycles. The summed E-state index contributed by atoms with van der Waals surface area (Å²) < 4.78 is 9.09. The second kappa shape index (κ2) is 21.5. The van der Waals surface area contributed by atoms with Gasteiger partial charge in [0, 0.05) is 22.0 Å². The highest BCUT2D eigenvalue weighted by Crippen LogP contribution is 2.29. The lowest BCUT2D eigenvalue weighted by atomic mass is 10.2. The molecule has 0 aliphatic heterocycles. The number of thiol groups is 1. The third-order valence-electron chi connectivity index (χ3n) is 2.16. The second-order valence-electron chi connectivity index (χ2n) is 3.47. The first-order valence-corrected chi connectivity index (χ1v) is 7.72. The molecule has 0 bridgehead atoms. The number of nitrogens with two attached hydrogens (primary N) is 2. The average molecular weight is 388 g/mol. The van der Waals surface area contributed by atoms with E-state index in [1.165, 1.54) is 5.41 Å². The molecule has 0 radical (unpaired) electrons. The molecule has 0 amide bonds. The highest BCUT2D eigenvalue weighted by atomic mass is 32.2. The molecule has 0 fully saturated rings. The van der Waals surface area contributed by atoms with Crippen molar-refractivity contribution in [2.45, 2.75) is 32.6 Å². The Balaban J connectivity index is -0.0000000500. The van der Waals surface area contributed by atoms with E-state index in [1.807, 2.05) is 33.8 Å². The van der Waals surface area contributed by atoms with Gasteiger partial charge in [-0.1, -0.05) is 26.5 Å². The van der Waals surface area contributed by atoms with Gasteiger partial charge in [0.15, 0.2) is 0 Å². The molecule has 24 heavy (non-hydrogen) atoms. The molecule has 0 aromatic heterocycles. The smallest absolute Gasteiger partial charge is 0.126 e. The van der Waals surface area contributed by atoms with E-state index < -0.39 is 0 Å². The van der Waals surface area contributed by atoms with Crippen molar-refractivity contribution < 1.29 is 25.3 Å². The molecule has 1 aromatic rings. The van der Waals surface area contributed by atoms with Crippen LogP contribution in [-0.2, 0) is 0 Å². The van der Waals surface area contributed by atoms with Crippen molar-refractivity contribution in [1.29, 1.82) is 0 Å². The van der Waals surface area contributed by atoms with E-state index >= 15 is 0 Å². The summed E-state index contributed by atoms with van der Waals surface area (Å²) >= 11 is 4.16. The summed E-state index contributed by atoms with van der Waals surface area (Å²) in [5.74, 6) is 0.433. The Hall–Kier alpha value is -1.49. The second-order valence-corrected chi connectivity index (χ2v) is 4.46. The number of amidine groups is 1. The number of benzene rings is 1. The number of nitrogens with zero attached hydrogens (tertiary/aromatic N) is 1. The normalized spacial score (nSPS) is 9.42. The Bertz CT molecular complexity index is 509. The van der Waals surface area contributed by atoms with Gasteiger partial charge in [0.2, 0.25) is 0 Å². The SMILES string of the molecule is C/C=C(/C)C(N)=Nc1ccc(N)cc1SO.C=CS.CC.O.O.O.[HH].[HH].[HH]. The Labute approximate surface area is 158 Å². The van der Waals surface area contributed by atoms with Crippen molar-refractivity contribution in [3.8, 4) is 0 Å². The maximum atomic E-state index is 9.09. The quantitative estimate of drug-likeness (QED) is 0.204. The number of hydrogen-bond donors (Lipinski definition) is 4. The fraction of sp³-hybridized carbons (Fsp3) is 0.267. The van der Waals surface area contributed by atoms with Crippen LogP contribution >= 0.6 is 24.7 Å². The van der Waals surface area contributed by atoms with Gasteiger partial charge in [-0.15, -0.1) is 0 Å². The van der Waals surface area contributed by atoms with Crippen molar-refractivity contribution in [3.63, 3.8) is 0 Å². The van der Waals surface area contributed by atoms with E-state index in [4.69, 9.17) is 16.0 Å². The van der Waals surface area contributed by atoms with Crippen LogP contribution in [-0.4, -0.2) is 26.8 Å². The summed E-state index contributed by atoms with van der Waals surface area (Å²) in [6, 6.07) is 5.10. The fourth-order valence-electron chi connectivity index (χ4n) is 1.06. The molecule has 1 aromatic carbocycles. The predicted octanol–water partition coefficient (Wildman–Crippen LogP) is 3.14. The summed E-state index contributed by atoms with van der Waals surface area (Å²) in [4.78, 5) is 4.82. The first kappa shape index (κ1) is 34.0. The van der Waals surface area contributed by atoms with Gasteiger partial charge < -0.3 is 32.4 Å². The van der Waals surface area contributed by atoms with Crippen LogP contribution in [0.4, 0.5) is 11.4 Å². The van der Waals surface area contributed by atoms with Crippen molar-refractivity contribution in [1.82, 2.24) is 0 Å². The van der Waals surface area contributed by atoms with Crippen LogP contribution in [0.5, 0.6) is 0 Å². The zero-order chi connectivity index (χ0) is 16.8. The van der Waals surface area contributed by atoms with Crippen LogP contribution in [0.1, 0.15) is 32.0 Å². The zero-order valence-corrected chi connectivity index (χ0v) is 16.2. The number of rotatable bonds is 3. The number of aliphatic imine (C=N–C) groups is 1. The maximum Gasteiger partial charge on any atom is 0.126 e. The fourth-order valence-corrected chi connectivity index (χ4v) is 1.46. The van der Waals surface area contributed by atoms with Gasteiger partial charge in [0.05, 0.1) is 10.6 Å². The Morgan fingerprint density at radius 2 is 1.79 bits per heavy atom. The number of anilines is 1. The van der Waals surface area contributed by atoms with Crippen molar-refractivity contribution in [2.75, 3.05) is 5.73 Å². The monoisotopic (exact) mass is 387 g/mol. The van der Waals surface area contributed by atoms with Gasteiger partial charge in [-0.2, -0.15) is 12.6 Å². The summed E-state index contributed by atoms with van der Waals surface area (Å²) in [6.07, 6.45) is 1.88. The van der Waals surface area contributed by atoms with Crippen LogP contribution in [0.3, 0.4) is 0 Å². The van der Waals surface area contributed by atoms with Gasteiger partial charge in [-0.25, -0.2) is 4.99 Å². The Kier molecular flexibility index (Phi) is 30.4. The average Bonchev–Trinajstić information content (AvgIpc) is 2.50. The summed E-state index contributed by atoms with van der Waals surface area (Å²) in [7, 11) is 0. The molecular weight excluding hydrogens is 350 g/mol. The molecule has 0 atom stereocenters. The van der Waals surface area contributed by atoms with Gasteiger partial charge in [-0.3, -0.25) is 0 Å². The minimum atomic E-state index is 0. The summed E-state index contributed by atoms with van der Waals surface area (Å²) in [5, 5.41) is 1.44. The van der Waals surface area contributed by atoms with E-state index in [9.17, 15) is 0 Å². The largest absolute Gasteiger partial charge is 0.412 e. The first-order chi connectivity index (χ1) is 9.99. The summed E-state index contributed by atoms with van der Waals surface area (Å²) in [5.41, 5.74) is 13.5. The number of allylic oxidation sites excluding steroid dienone is 1. The van der Waals surface area contributed by atoms with Gasteiger partial charge >= 0.3 is 0 Å². The zero-order valence-electron chi connectivity index (χ0n) is 14.5.